The highest BCUT2D eigenvalue weighted by molar-refractivity contribution is 7.89. The molecule has 1 saturated heterocycles. The van der Waals surface area contributed by atoms with Gasteiger partial charge in [-0.2, -0.15) is 4.31 Å². The highest BCUT2D eigenvalue weighted by Gasteiger charge is 2.32. The summed E-state index contributed by atoms with van der Waals surface area (Å²) in [5.74, 6) is 0.227. The highest BCUT2D eigenvalue weighted by atomic mass is 35.5. The third-order valence-electron chi connectivity index (χ3n) is 7.89. The number of benzene rings is 4. The number of nitrogens with one attached hydrogen (secondary N) is 2. The average molecular weight is 691 g/mol. The fraction of sp³-hybridized carbons (Fsp3) is 0.176. The van der Waals surface area contributed by atoms with Crippen LogP contribution in [0, 0.1) is 0 Å². The van der Waals surface area contributed by atoms with Crippen LogP contribution >= 0.6 is 35.2 Å². The monoisotopic (exact) mass is 690 g/mol. The highest BCUT2D eigenvalue weighted by Crippen LogP contribution is 2.37. The molecule has 0 aliphatic carbocycles. The Hall–Kier alpha value is -3.84. The van der Waals surface area contributed by atoms with Crippen LogP contribution in [-0.4, -0.2) is 61.9 Å². The first-order valence-corrected chi connectivity index (χ1v) is 17.6. The maximum absolute atomic E-state index is 13.6. The van der Waals surface area contributed by atoms with Crippen LogP contribution in [0.1, 0.15) is 26.8 Å². The Morgan fingerprint density at radius 2 is 1.50 bits per heavy atom. The van der Waals surface area contributed by atoms with Gasteiger partial charge >= 0.3 is 0 Å². The van der Waals surface area contributed by atoms with Crippen molar-refractivity contribution in [3.8, 4) is 5.75 Å². The van der Waals surface area contributed by atoms with Crippen LogP contribution in [0.15, 0.2) is 108 Å². The van der Waals surface area contributed by atoms with E-state index < -0.39 is 15.9 Å². The van der Waals surface area contributed by atoms with Crippen molar-refractivity contribution < 1.29 is 17.9 Å². The SMILES string of the molecule is COc1ccc2c(Cl)c(C(=O)NC(=S)Nc3ccc(S(=O)(=O)N4CCN(C(c5ccccc5)c5ccccc5)CC4)cc3)sc2c1. The zero-order chi connectivity index (χ0) is 32.3. The van der Waals surface area contributed by atoms with E-state index in [0.717, 1.165) is 10.1 Å². The van der Waals surface area contributed by atoms with Gasteiger partial charge in [-0.15, -0.1) is 11.3 Å². The number of carbonyl (C=O) groups is 1. The van der Waals surface area contributed by atoms with Crippen molar-refractivity contribution in [3.05, 3.63) is 124 Å². The molecule has 46 heavy (non-hydrogen) atoms. The van der Waals surface area contributed by atoms with Crippen molar-refractivity contribution in [2.75, 3.05) is 38.6 Å². The second-order valence-corrected chi connectivity index (χ2v) is 14.5. The average Bonchev–Trinajstić information content (AvgIpc) is 3.41. The van der Waals surface area contributed by atoms with E-state index in [2.05, 4.69) is 39.8 Å². The molecule has 0 unspecified atom stereocenters. The number of carbonyl (C=O) groups excluding carboxylic acids is 1. The molecule has 12 heteroatoms. The number of hydrogen-bond donors (Lipinski definition) is 2. The number of thiophene rings is 1. The fourth-order valence-electron chi connectivity index (χ4n) is 5.59. The van der Waals surface area contributed by atoms with Crippen molar-refractivity contribution in [1.29, 1.82) is 0 Å². The van der Waals surface area contributed by atoms with E-state index in [0.29, 0.717) is 47.5 Å². The van der Waals surface area contributed by atoms with Gasteiger partial charge in [-0.05, 0) is 65.8 Å². The minimum Gasteiger partial charge on any atom is -0.497 e. The third kappa shape index (κ3) is 6.80. The molecule has 236 valence electrons. The molecule has 0 bridgehead atoms. The van der Waals surface area contributed by atoms with Crippen LogP contribution < -0.4 is 15.4 Å². The van der Waals surface area contributed by atoms with Gasteiger partial charge in [0.2, 0.25) is 10.0 Å². The zero-order valence-corrected chi connectivity index (χ0v) is 28.1. The summed E-state index contributed by atoms with van der Waals surface area (Å²) < 4.78 is 34.8. The third-order valence-corrected chi connectivity index (χ3v) is 11.7. The minimum atomic E-state index is -3.71. The lowest BCUT2D eigenvalue weighted by atomic mass is 9.96. The molecule has 1 fully saturated rings. The number of hydrogen-bond acceptors (Lipinski definition) is 7. The van der Waals surface area contributed by atoms with E-state index in [-0.39, 0.29) is 16.0 Å². The van der Waals surface area contributed by atoms with E-state index in [4.69, 9.17) is 28.6 Å². The van der Waals surface area contributed by atoms with Gasteiger partial charge in [-0.25, -0.2) is 8.42 Å². The topological polar surface area (TPSA) is 91.0 Å². The quantitative estimate of drug-likeness (QED) is 0.173. The van der Waals surface area contributed by atoms with Gasteiger partial charge in [-0.1, -0.05) is 72.3 Å². The first-order chi connectivity index (χ1) is 22.2. The Bertz CT molecular complexity index is 1920. The van der Waals surface area contributed by atoms with E-state index in [1.54, 1.807) is 37.4 Å². The summed E-state index contributed by atoms with van der Waals surface area (Å²) in [6, 6.07) is 32.4. The molecule has 0 saturated carbocycles. The number of sulfonamides is 1. The maximum atomic E-state index is 13.6. The molecule has 1 amide bonds. The summed E-state index contributed by atoms with van der Waals surface area (Å²) >= 11 is 13.1. The molecule has 0 atom stereocenters. The van der Waals surface area contributed by atoms with Gasteiger partial charge in [0.25, 0.3) is 5.91 Å². The summed E-state index contributed by atoms with van der Waals surface area (Å²) in [6.07, 6.45) is 0. The van der Waals surface area contributed by atoms with Crippen LogP contribution in [0.5, 0.6) is 5.75 Å². The molecule has 1 aromatic heterocycles. The largest absolute Gasteiger partial charge is 0.497 e. The van der Waals surface area contributed by atoms with Crippen LogP contribution in [0.2, 0.25) is 5.02 Å². The molecule has 6 rings (SSSR count). The number of amides is 1. The predicted molar refractivity (Wildman–Crippen MR) is 189 cm³/mol. The maximum Gasteiger partial charge on any atom is 0.269 e. The van der Waals surface area contributed by atoms with Crippen molar-refractivity contribution in [1.82, 2.24) is 14.5 Å². The molecule has 0 radical (unpaired) electrons. The van der Waals surface area contributed by atoms with E-state index >= 15 is 0 Å². The van der Waals surface area contributed by atoms with Crippen LogP contribution in [0.4, 0.5) is 5.69 Å². The van der Waals surface area contributed by atoms with Gasteiger partial charge in [0, 0.05) is 42.0 Å². The van der Waals surface area contributed by atoms with Crippen LogP contribution in [-0.2, 0) is 10.0 Å². The molecule has 8 nitrogen and oxygen atoms in total. The second kappa shape index (κ2) is 13.9. The van der Waals surface area contributed by atoms with Crippen molar-refractivity contribution in [3.63, 3.8) is 0 Å². The standard InChI is InChI=1S/C34H31ClN4O4S3/c1-43-26-14-17-28-29(22-26)45-32(30(28)35)33(40)37-34(44)36-25-12-15-27(16-13-25)46(41,42)39-20-18-38(19-21-39)31(23-8-4-2-5-9-23)24-10-6-3-7-11-24/h2-17,22,31H,18-21H2,1H3,(H2,36,37,40,44). The molecule has 2 N–H and O–H groups in total. The van der Waals surface area contributed by atoms with E-state index in [9.17, 15) is 13.2 Å². The first-order valence-electron chi connectivity index (χ1n) is 14.6. The number of piperazine rings is 1. The van der Waals surface area contributed by atoms with Crippen LogP contribution in [0.3, 0.4) is 0 Å². The number of halogens is 1. The summed E-state index contributed by atoms with van der Waals surface area (Å²) in [7, 11) is -2.13. The fourth-order valence-corrected chi connectivity index (χ4v) is 8.66. The zero-order valence-electron chi connectivity index (χ0n) is 24.9. The molecule has 0 spiro atoms. The molecular weight excluding hydrogens is 660 g/mol. The molecule has 5 aromatic rings. The molecule has 2 heterocycles. The summed E-state index contributed by atoms with van der Waals surface area (Å²) in [4.78, 5) is 15.8. The lowest BCUT2D eigenvalue weighted by Crippen LogP contribution is -2.49. The van der Waals surface area contributed by atoms with Gasteiger partial charge < -0.3 is 10.1 Å². The Morgan fingerprint density at radius 1 is 0.891 bits per heavy atom. The molecule has 1 aliphatic rings. The van der Waals surface area contributed by atoms with Crippen LogP contribution in [0.25, 0.3) is 10.1 Å². The lowest BCUT2D eigenvalue weighted by molar-refractivity contribution is 0.0982. The summed E-state index contributed by atoms with van der Waals surface area (Å²) in [5, 5.41) is 6.76. The second-order valence-electron chi connectivity index (χ2n) is 10.7. The van der Waals surface area contributed by atoms with Crippen molar-refractivity contribution in [2.45, 2.75) is 10.9 Å². The smallest absolute Gasteiger partial charge is 0.269 e. The van der Waals surface area contributed by atoms with Crippen molar-refractivity contribution in [2.24, 2.45) is 0 Å². The molecule has 4 aromatic carbocycles. The molecular formula is C34H31ClN4O4S3. The number of anilines is 1. The number of methoxy groups -OCH3 is 1. The lowest BCUT2D eigenvalue weighted by Gasteiger charge is -2.39. The Kier molecular flexibility index (Phi) is 9.69. The summed E-state index contributed by atoms with van der Waals surface area (Å²) in [6.45, 7) is 1.95. The molecule has 1 aliphatic heterocycles. The first kappa shape index (κ1) is 32.1. The van der Waals surface area contributed by atoms with E-state index in [1.165, 1.54) is 26.8 Å². The number of nitrogens with zero attached hydrogens (tertiary/aromatic N) is 2. The normalized spacial score (nSPS) is 14.3. The van der Waals surface area contributed by atoms with Gasteiger partial charge in [0.1, 0.15) is 10.6 Å². The minimum absolute atomic E-state index is 0.0420. The van der Waals surface area contributed by atoms with E-state index in [1.807, 2.05) is 48.5 Å². The summed E-state index contributed by atoms with van der Waals surface area (Å²) in [5.41, 5.74) is 2.89. The van der Waals surface area contributed by atoms with Gasteiger partial charge in [-0.3, -0.25) is 15.0 Å². The number of rotatable bonds is 8. The van der Waals surface area contributed by atoms with Crippen molar-refractivity contribution >= 4 is 72.0 Å². The number of ether oxygens (including phenoxy) is 1. The Morgan fingerprint density at radius 3 is 2.09 bits per heavy atom. The van der Waals surface area contributed by atoms with Gasteiger partial charge in [0.15, 0.2) is 5.11 Å². The number of fused-ring (bicyclic) bond motifs is 1. The Labute approximate surface area is 282 Å². The Balaban J connectivity index is 1.08. The predicted octanol–water partition coefficient (Wildman–Crippen LogP) is 6.79. The van der Waals surface area contributed by atoms with Gasteiger partial charge in [0.05, 0.1) is 23.1 Å². The number of thiocarbonyl (C=S) groups is 1.